The second-order valence-corrected chi connectivity index (χ2v) is 4.47. The smallest absolute Gasteiger partial charge is 0.0266 e. The summed E-state index contributed by atoms with van der Waals surface area (Å²) in [5.41, 5.74) is 11.0. The Hall–Kier alpha value is -1.60. The maximum atomic E-state index is 5.92. The molecule has 17 heavy (non-hydrogen) atoms. The fourth-order valence-corrected chi connectivity index (χ4v) is 1.97. The Morgan fingerprint density at radius 2 is 1.65 bits per heavy atom. The summed E-state index contributed by atoms with van der Waals surface area (Å²) in [6, 6.07) is 17.2. The van der Waals surface area contributed by atoms with Gasteiger partial charge in [0.15, 0.2) is 0 Å². The van der Waals surface area contributed by atoms with Gasteiger partial charge in [-0.25, -0.2) is 0 Å². The van der Waals surface area contributed by atoms with Crippen LogP contribution in [0.4, 0.5) is 0 Å². The zero-order valence-corrected chi connectivity index (χ0v) is 10.5. The van der Waals surface area contributed by atoms with Gasteiger partial charge in [-0.15, -0.1) is 0 Å². The number of hydrogen-bond acceptors (Lipinski definition) is 1. The van der Waals surface area contributed by atoms with Crippen molar-refractivity contribution in [3.8, 4) is 11.1 Å². The monoisotopic (exact) mass is 225 g/mol. The van der Waals surface area contributed by atoms with E-state index in [1.165, 1.54) is 22.3 Å². The first-order valence-corrected chi connectivity index (χ1v) is 6.15. The highest BCUT2D eigenvalue weighted by atomic mass is 14.6. The van der Waals surface area contributed by atoms with Gasteiger partial charge in [0.2, 0.25) is 0 Å². The quantitative estimate of drug-likeness (QED) is 0.841. The second kappa shape index (κ2) is 5.15. The van der Waals surface area contributed by atoms with E-state index in [-0.39, 0.29) is 6.04 Å². The molecular weight excluding hydrogens is 206 g/mol. The molecule has 0 heterocycles. The van der Waals surface area contributed by atoms with Gasteiger partial charge in [0.05, 0.1) is 0 Å². The van der Waals surface area contributed by atoms with Crippen LogP contribution in [0.25, 0.3) is 11.1 Å². The van der Waals surface area contributed by atoms with Gasteiger partial charge in [-0.2, -0.15) is 0 Å². The van der Waals surface area contributed by atoms with Crippen molar-refractivity contribution in [3.05, 3.63) is 59.7 Å². The molecule has 2 N–H and O–H groups in total. The molecule has 2 aromatic rings. The number of benzene rings is 2. The molecule has 1 heteroatoms. The highest BCUT2D eigenvalue weighted by Gasteiger charge is 2.02. The third-order valence-electron chi connectivity index (χ3n) is 3.08. The van der Waals surface area contributed by atoms with Crippen LogP contribution in [0.3, 0.4) is 0 Å². The minimum atomic E-state index is 0.0873. The maximum absolute atomic E-state index is 5.92. The molecule has 2 aromatic carbocycles. The van der Waals surface area contributed by atoms with Crippen molar-refractivity contribution in [1.82, 2.24) is 0 Å². The van der Waals surface area contributed by atoms with Crippen molar-refractivity contribution in [2.75, 3.05) is 0 Å². The molecule has 0 aliphatic heterocycles. The molecule has 0 saturated heterocycles. The van der Waals surface area contributed by atoms with Crippen molar-refractivity contribution >= 4 is 0 Å². The summed E-state index contributed by atoms with van der Waals surface area (Å²) in [5, 5.41) is 0. The Labute approximate surface area is 103 Å². The van der Waals surface area contributed by atoms with Crippen molar-refractivity contribution in [3.63, 3.8) is 0 Å². The zero-order valence-electron chi connectivity index (χ0n) is 10.5. The SMILES string of the molecule is CCc1cccc(-c2cccc(C(C)N)c2)c1. The lowest BCUT2D eigenvalue weighted by atomic mass is 9.98. The number of rotatable bonds is 3. The van der Waals surface area contributed by atoms with Crippen molar-refractivity contribution in [2.24, 2.45) is 5.73 Å². The highest BCUT2D eigenvalue weighted by Crippen LogP contribution is 2.23. The van der Waals surface area contributed by atoms with Crippen LogP contribution in [-0.4, -0.2) is 0 Å². The Balaban J connectivity index is 2.41. The van der Waals surface area contributed by atoms with Crippen LogP contribution in [0.1, 0.15) is 31.0 Å². The van der Waals surface area contributed by atoms with Crippen molar-refractivity contribution in [2.45, 2.75) is 26.3 Å². The normalized spacial score (nSPS) is 12.4. The molecule has 1 nitrogen and oxygen atoms in total. The number of aryl methyl sites for hydroxylation is 1. The summed E-state index contributed by atoms with van der Waals surface area (Å²) in [4.78, 5) is 0. The van der Waals surface area contributed by atoms with E-state index in [1.54, 1.807) is 0 Å². The number of nitrogens with two attached hydrogens (primary N) is 1. The fraction of sp³-hybridized carbons (Fsp3) is 0.250. The number of hydrogen-bond donors (Lipinski definition) is 1. The van der Waals surface area contributed by atoms with Crippen LogP contribution >= 0.6 is 0 Å². The first-order chi connectivity index (χ1) is 8.20. The van der Waals surface area contributed by atoms with E-state index >= 15 is 0 Å². The van der Waals surface area contributed by atoms with E-state index in [4.69, 9.17) is 5.73 Å². The maximum Gasteiger partial charge on any atom is 0.0266 e. The van der Waals surface area contributed by atoms with Crippen LogP contribution in [0.2, 0.25) is 0 Å². The summed E-state index contributed by atoms with van der Waals surface area (Å²) >= 11 is 0. The summed E-state index contributed by atoms with van der Waals surface area (Å²) in [5.74, 6) is 0. The van der Waals surface area contributed by atoms with Gasteiger partial charge in [-0.05, 0) is 41.7 Å². The molecule has 0 bridgehead atoms. The van der Waals surface area contributed by atoms with Crippen LogP contribution in [0.15, 0.2) is 48.5 Å². The molecule has 0 aliphatic rings. The lowest BCUT2D eigenvalue weighted by Crippen LogP contribution is -2.04. The van der Waals surface area contributed by atoms with Gasteiger partial charge in [-0.1, -0.05) is 49.4 Å². The van der Waals surface area contributed by atoms with E-state index in [1.807, 2.05) is 6.92 Å². The Kier molecular flexibility index (Phi) is 3.60. The Bertz CT molecular complexity index is 500. The second-order valence-electron chi connectivity index (χ2n) is 4.47. The molecule has 88 valence electrons. The largest absolute Gasteiger partial charge is 0.324 e. The molecule has 0 spiro atoms. The van der Waals surface area contributed by atoms with Gasteiger partial charge in [0, 0.05) is 6.04 Å². The van der Waals surface area contributed by atoms with E-state index in [2.05, 4.69) is 55.5 Å². The third kappa shape index (κ3) is 2.75. The average Bonchev–Trinajstić information content (AvgIpc) is 2.39. The topological polar surface area (TPSA) is 26.0 Å². The standard InChI is InChI=1S/C16H19N/c1-3-13-6-4-8-15(10-13)16-9-5-7-14(11-16)12(2)17/h4-12H,3,17H2,1-2H3. The molecule has 2 rings (SSSR count). The lowest BCUT2D eigenvalue weighted by Gasteiger charge is -2.09. The predicted octanol–water partition coefficient (Wildman–Crippen LogP) is 3.94. The molecule has 0 radical (unpaired) electrons. The predicted molar refractivity (Wildman–Crippen MR) is 73.9 cm³/mol. The summed E-state index contributed by atoms with van der Waals surface area (Å²) < 4.78 is 0. The van der Waals surface area contributed by atoms with Crippen molar-refractivity contribution < 1.29 is 0 Å². The van der Waals surface area contributed by atoms with Crippen LogP contribution in [-0.2, 0) is 6.42 Å². The van der Waals surface area contributed by atoms with E-state index in [0.717, 1.165) is 6.42 Å². The zero-order chi connectivity index (χ0) is 12.3. The van der Waals surface area contributed by atoms with Crippen LogP contribution < -0.4 is 5.73 Å². The molecule has 0 fully saturated rings. The third-order valence-corrected chi connectivity index (χ3v) is 3.08. The molecule has 1 atom stereocenters. The Morgan fingerprint density at radius 1 is 1.00 bits per heavy atom. The minimum Gasteiger partial charge on any atom is -0.324 e. The van der Waals surface area contributed by atoms with Crippen LogP contribution in [0.5, 0.6) is 0 Å². The minimum absolute atomic E-state index is 0.0873. The molecule has 0 amide bonds. The molecule has 0 aliphatic carbocycles. The first kappa shape index (κ1) is 11.9. The van der Waals surface area contributed by atoms with Crippen LogP contribution in [0, 0.1) is 0 Å². The molecule has 0 aromatic heterocycles. The molecule has 0 saturated carbocycles. The van der Waals surface area contributed by atoms with Gasteiger partial charge in [0.1, 0.15) is 0 Å². The van der Waals surface area contributed by atoms with E-state index in [9.17, 15) is 0 Å². The molecular formula is C16H19N. The Morgan fingerprint density at radius 3 is 2.29 bits per heavy atom. The summed E-state index contributed by atoms with van der Waals surface area (Å²) in [6.07, 6.45) is 1.07. The first-order valence-electron chi connectivity index (χ1n) is 6.15. The summed E-state index contributed by atoms with van der Waals surface area (Å²) in [7, 11) is 0. The summed E-state index contributed by atoms with van der Waals surface area (Å²) in [6.45, 7) is 4.19. The van der Waals surface area contributed by atoms with Gasteiger partial charge in [0.25, 0.3) is 0 Å². The lowest BCUT2D eigenvalue weighted by molar-refractivity contribution is 0.819. The van der Waals surface area contributed by atoms with Gasteiger partial charge < -0.3 is 5.73 Å². The molecule has 1 unspecified atom stereocenters. The highest BCUT2D eigenvalue weighted by molar-refractivity contribution is 5.65. The van der Waals surface area contributed by atoms with Crippen molar-refractivity contribution in [1.29, 1.82) is 0 Å². The average molecular weight is 225 g/mol. The van der Waals surface area contributed by atoms with Gasteiger partial charge >= 0.3 is 0 Å². The van der Waals surface area contributed by atoms with E-state index in [0.29, 0.717) is 0 Å². The fourth-order valence-electron chi connectivity index (χ4n) is 1.97. The van der Waals surface area contributed by atoms with E-state index < -0.39 is 0 Å². The van der Waals surface area contributed by atoms with Gasteiger partial charge in [-0.3, -0.25) is 0 Å².